The van der Waals surface area contributed by atoms with E-state index < -0.39 is 0 Å². The third-order valence-electron chi connectivity index (χ3n) is 4.10. The number of thioether (sulfide) groups is 1. The number of pyridine rings is 1. The van der Waals surface area contributed by atoms with Crippen LogP contribution < -0.4 is 0 Å². The van der Waals surface area contributed by atoms with Crippen molar-refractivity contribution in [1.29, 1.82) is 0 Å². The van der Waals surface area contributed by atoms with Crippen LogP contribution >= 0.6 is 11.8 Å². The zero-order chi connectivity index (χ0) is 19.5. The van der Waals surface area contributed by atoms with Gasteiger partial charge in [0.25, 0.3) is 0 Å². The molecule has 10 heteroatoms. The summed E-state index contributed by atoms with van der Waals surface area (Å²) < 4.78 is 15.9. The van der Waals surface area contributed by atoms with Gasteiger partial charge < -0.3 is 4.57 Å². The van der Waals surface area contributed by atoms with Gasteiger partial charge in [0, 0.05) is 37.2 Å². The van der Waals surface area contributed by atoms with E-state index >= 15 is 0 Å². The molecule has 0 aliphatic carbocycles. The predicted octanol–water partition coefficient (Wildman–Crippen LogP) is 2.64. The maximum absolute atomic E-state index is 14.0. The van der Waals surface area contributed by atoms with Gasteiger partial charge >= 0.3 is 0 Å². The molecule has 3 heterocycles. The SMILES string of the molecule is Cc1ccc(F)c(-n2nnc(CCSc3nnc(-c4ccncc4)n3C)n2)c1. The van der Waals surface area contributed by atoms with Crippen molar-refractivity contribution in [1.82, 2.24) is 40.0 Å². The Kier molecular flexibility index (Phi) is 5.11. The molecule has 8 nitrogen and oxygen atoms in total. The van der Waals surface area contributed by atoms with E-state index in [1.54, 1.807) is 36.3 Å². The first-order valence-electron chi connectivity index (χ1n) is 8.60. The van der Waals surface area contributed by atoms with Crippen LogP contribution in [-0.2, 0) is 13.5 Å². The average Bonchev–Trinajstić information content (AvgIpc) is 3.32. The van der Waals surface area contributed by atoms with E-state index in [1.807, 2.05) is 30.7 Å². The molecule has 28 heavy (non-hydrogen) atoms. The third-order valence-corrected chi connectivity index (χ3v) is 5.12. The highest BCUT2D eigenvalue weighted by Crippen LogP contribution is 2.22. The van der Waals surface area contributed by atoms with E-state index in [4.69, 9.17) is 0 Å². The molecule has 0 spiro atoms. The van der Waals surface area contributed by atoms with E-state index in [0.717, 1.165) is 22.1 Å². The standard InChI is InChI=1S/C18H17FN8S/c1-12-3-4-14(19)15(11-12)27-24-16(21-25-27)7-10-28-18-23-22-17(26(18)2)13-5-8-20-9-6-13/h3-6,8-9,11H,7,10H2,1-2H3. The van der Waals surface area contributed by atoms with E-state index in [1.165, 1.54) is 10.9 Å². The molecule has 0 saturated heterocycles. The van der Waals surface area contributed by atoms with Gasteiger partial charge in [-0.25, -0.2) is 4.39 Å². The predicted molar refractivity (Wildman–Crippen MR) is 103 cm³/mol. The number of rotatable bonds is 6. The van der Waals surface area contributed by atoms with Crippen LogP contribution in [0, 0.1) is 12.7 Å². The van der Waals surface area contributed by atoms with Gasteiger partial charge in [-0.05, 0) is 42.0 Å². The summed E-state index contributed by atoms with van der Waals surface area (Å²) in [4.78, 5) is 5.25. The lowest BCUT2D eigenvalue weighted by molar-refractivity contribution is 0.590. The van der Waals surface area contributed by atoms with E-state index in [2.05, 4.69) is 30.6 Å². The second-order valence-electron chi connectivity index (χ2n) is 6.15. The van der Waals surface area contributed by atoms with Crippen molar-refractivity contribution >= 4 is 11.8 Å². The number of aromatic nitrogens is 8. The maximum Gasteiger partial charge on any atom is 0.191 e. The van der Waals surface area contributed by atoms with Crippen LogP contribution in [0.2, 0.25) is 0 Å². The van der Waals surface area contributed by atoms with Crippen LogP contribution in [0.1, 0.15) is 11.4 Å². The molecule has 4 aromatic rings. The van der Waals surface area contributed by atoms with Gasteiger partial charge in [-0.1, -0.05) is 17.8 Å². The highest BCUT2D eigenvalue weighted by molar-refractivity contribution is 7.99. The van der Waals surface area contributed by atoms with Crippen LogP contribution in [0.3, 0.4) is 0 Å². The summed E-state index contributed by atoms with van der Waals surface area (Å²) in [6.07, 6.45) is 4.03. The highest BCUT2D eigenvalue weighted by atomic mass is 32.2. The second kappa shape index (κ2) is 7.85. The molecule has 0 aliphatic rings. The minimum Gasteiger partial charge on any atom is -0.305 e. The largest absolute Gasteiger partial charge is 0.305 e. The molecule has 4 rings (SSSR count). The van der Waals surface area contributed by atoms with Crippen molar-refractivity contribution in [3.63, 3.8) is 0 Å². The van der Waals surface area contributed by atoms with Gasteiger partial charge in [-0.2, -0.15) is 0 Å². The Labute approximate surface area is 164 Å². The molecule has 0 bridgehead atoms. The molecule has 142 valence electrons. The Morgan fingerprint density at radius 3 is 2.71 bits per heavy atom. The fourth-order valence-electron chi connectivity index (χ4n) is 2.65. The molecule has 3 aromatic heterocycles. The van der Waals surface area contributed by atoms with Gasteiger partial charge in [0.05, 0.1) is 0 Å². The van der Waals surface area contributed by atoms with Gasteiger partial charge in [0.15, 0.2) is 22.6 Å². The lowest BCUT2D eigenvalue weighted by Gasteiger charge is -2.03. The van der Waals surface area contributed by atoms with Crippen LogP contribution in [-0.4, -0.2) is 45.7 Å². The minimum absolute atomic E-state index is 0.293. The molecular formula is C18H17FN8S. The number of aryl methyl sites for hydroxylation is 2. The lowest BCUT2D eigenvalue weighted by Crippen LogP contribution is -2.03. The summed E-state index contributed by atoms with van der Waals surface area (Å²) in [5.41, 5.74) is 2.18. The number of nitrogens with zero attached hydrogens (tertiary/aromatic N) is 8. The number of halogens is 1. The van der Waals surface area contributed by atoms with E-state index in [9.17, 15) is 4.39 Å². The molecule has 0 aliphatic heterocycles. The van der Waals surface area contributed by atoms with Crippen molar-refractivity contribution in [2.45, 2.75) is 18.5 Å². The zero-order valence-corrected chi connectivity index (χ0v) is 16.1. The van der Waals surface area contributed by atoms with Gasteiger partial charge in [-0.15, -0.1) is 25.2 Å². The summed E-state index contributed by atoms with van der Waals surface area (Å²) in [6, 6.07) is 8.58. The summed E-state index contributed by atoms with van der Waals surface area (Å²) in [6.45, 7) is 1.89. The fourth-order valence-corrected chi connectivity index (χ4v) is 3.49. The van der Waals surface area contributed by atoms with Crippen molar-refractivity contribution in [3.05, 3.63) is 59.9 Å². The molecule has 0 N–H and O–H groups in total. The summed E-state index contributed by atoms with van der Waals surface area (Å²) in [7, 11) is 1.92. The summed E-state index contributed by atoms with van der Waals surface area (Å²) >= 11 is 1.55. The number of hydrogen-bond donors (Lipinski definition) is 0. The quantitative estimate of drug-likeness (QED) is 0.463. The molecule has 0 unspecified atom stereocenters. The molecular weight excluding hydrogens is 379 g/mol. The summed E-state index contributed by atoms with van der Waals surface area (Å²) in [5.74, 6) is 1.64. The van der Waals surface area contributed by atoms with Crippen molar-refractivity contribution in [3.8, 4) is 17.1 Å². The fraction of sp³-hybridized carbons (Fsp3) is 0.222. The van der Waals surface area contributed by atoms with Crippen LogP contribution in [0.4, 0.5) is 4.39 Å². The zero-order valence-electron chi connectivity index (χ0n) is 15.3. The topological polar surface area (TPSA) is 87.2 Å². The Balaban J connectivity index is 1.41. The first kappa shape index (κ1) is 18.2. The number of tetrazole rings is 1. The van der Waals surface area contributed by atoms with Gasteiger partial charge in [-0.3, -0.25) is 4.98 Å². The van der Waals surface area contributed by atoms with Gasteiger partial charge in [0.2, 0.25) is 0 Å². The second-order valence-corrected chi connectivity index (χ2v) is 7.21. The molecule has 0 radical (unpaired) electrons. The normalized spacial score (nSPS) is 11.1. The van der Waals surface area contributed by atoms with Crippen LogP contribution in [0.5, 0.6) is 0 Å². The minimum atomic E-state index is -0.383. The highest BCUT2D eigenvalue weighted by Gasteiger charge is 2.13. The Hall–Kier alpha value is -3.14. The van der Waals surface area contributed by atoms with Crippen molar-refractivity contribution in [2.75, 3.05) is 5.75 Å². The van der Waals surface area contributed by atoms with Crippen LogP contribution in [0.15, 0.2) is 47.9 Å². The maximum atomic E-state index is 14.0. The number of hydrogen-bond acceptors (Lipinski definition) is 7. The smallest absolute Gasteiger partial charge is 0.191 e. The summed E-state index contributed by atoms with van der Waals surface area (Å²) in [5, 5.41) is 21.5. The number of benzene rings is 1. The lowest BCUT2D eigenvalue weighted by atomic mass is 10.2. The van der Waals surface area contributed by atoms with Crippen molar-refractivity contribution in [2.24, 2.45) is 7.05 Å². The Bertz CT molecular complexity index is 1090. The molecule has 0 saturated carbocycles. The Morgan fingerprint density at radius 1 is 1.07 bits per heavy atom. The monoisotopic (exact) mass is 396 g/mol. The first-order valence-corrected chi connectivity index (χ1v) is 9.58. The van der Waals surface area contributed by atoms with E-state index in [-0.39, 0.29) is 5.82 Å². The van der Waals surface area contributed by atoms with Crippen molar-refractivity contribution < 1.29 is 4.39 Å². The first-order chi connectivity index (χ1) is 13.6. The third kappa shape index (κ3) is 3.77. The van der Waals surface area contributed by atoms with Gasteiger partial charge in [0.1, 0.15) is 5.69 Å². The average molecular weight is 396 g/mol. The Morgan fingerprint density at radius 2 is 1.89 bits per heavy atom. The molecule has 0 atom stereocenters. The van der Waals surface area contributed by atoms with E-state index in [0.29, 0.717) is 23.7 Å². The molecule has 0 amide bonds. The van der Waals surface area contributed by atoms with Crippen LogP contribution in [0.25, 0.3) is 17.1 Å². The molecule has 0 fully saturated rings. The molecule has 1 aromatic carbocycles.